The lowest BCUT2D eigenvalue weighted by atomic mass is 10.2. The number of hydrogen-bond donors (Lipinski definition) is 1. The standard InChI is InChI=1S/C7H10N3OP3/c1-6-2-4-7(5-3-6)11-10-13-8-12-9-14-10/h2-5,8,12-13H,1H3. The summed E-state index contributed by atoms with van der Waals surface area (Å²) in [4.78, 5) is 5.59. The van der Waals surface area contributed by atoms with Gasteiger partial charge in [0, 0.05) is 8.51 Å². The molecule has 0 amide bonds. The van der Waals surface area contributed by atoms with Crippen LogP contribution in [0.25, 0.3) is 0 Å². The Morgan fingerprint density at radius 3 is 2.86 bits per heavy atom. The molecule has 0 fully saturated rings. The third-order valence-corrected chi connectivity index (χ3v) is 4.34. The molecule has 2 rings (SSSR count). The maximum absolute atomic E-state index is 5.59. The molecule has 0 spiro atoms. The van der Waals surface area contributed by atoms with Gasteiger partial charge in [0.15, 0.2) is 14.3 Å². The molecular weight excluding hydrogens is 235 g/mol. The molecule has 1 aromatic heterocycles. The molecule has 0 aliphatic rings. The highest BCUT2D eigenvalue weighted by molar-refractivity contribution is 7.44. The van der Waals surface area contributed by atoms with E-state index in [9.17, 15) is 0 Å². The van der Waals surface area contributed by atoms with Gasteiger partial charge in [0.2, 0.25) is 0 Å². The molecule has 2 atom stereocenters. The first-order valence-corrected chi connectivity index (χ1v) is 6.75. The molecule has 14 heavy (non-hydrogen) atoms. The van der Waals surface area contributed by atoms with Gasteiger partial charge in [-0.3, -0.25) is 0 Å². The Hall–Kier alpha value is -0.680. The van der Waals surface area contributed by atoms with Crippen LogP contribution in [-0.4, -0.2) is 13.3 Å². The Morgan fingerprint density at radius 1 is 1.43 bits per heavy atom. The minimum absolute atomic E-state index is 0.483. The molecule has 74 valence electrons. The zero-order valence-electron chi connectivity index (χ0n) is 7.56. The van der Waals surface area contributed by atoms with E-state index >= 15 is 0 Å². The van der Waals surface area contributed by atoms with Crippen molar-refractivity contribution >= 4 is 25.5 Å². The number of hydrogen-bond acceptors (Lipinski definition) is 2. The zero-order chi connectivity index (χ0) is 9.80. The second-order valence-corrected chi connectivity index (χ2v) is 6.29. The molecule has 0 radical (unpaired) electrons. The first kappa shape index (κ1) is 9.86. The van der Waals surface area contributed by atoms with Gasteiger partial charge >= 0.3 is 0 Å². The Balaban J connectivity index is 2.16. The summed E-state index contributed by atoms with van der Waals surface area (Å²) in [6, 6.07) is 8.00. The Kier molecular flexibility index (Phi) is 3.31. The normalized spacial score (nSPS) is 11.5. The quantitative estimate of drug-likeness (QED) is 0.883. The van der Waals surface area contributed by atoms with Crippen LogP contribution >= 0.6 is 25.5 Å². The highest BCUT2D eigenvalue weighted by atomic mass is 31.1. The van der Waals surface area contributed by atoms with E-state index in [1.165, 1.54) is 5.56 Å². The van der Waals surface area contributed by atoms with E-state index in [2.05, 4.69) is 15.9 Å². The summed E-state index contributed by atoms with van der Waals surface area (Å²) < 4.78 is 9.11. The molecule has 7 heteroatoms. The summed E-state index contributed by atoms with van der Waals surface area (Å²) in [6.45, 7) is 2.06. The predicted octanol–water partition coefficient (Wildman–Crippen LogP) is 3.13. The van der Waals surface area contributed by atoms with E-state index in [4.69, 9.17) is 4.84 Å². The van der Waals surface area contributed by atoms with Crippen molar-refractivity contribution in [3.8, 4) is 5.75 Å². The summed E-state index contributed by atoms with van der Waals surface area (Å²) in [6.07, 6.45) is 0. The Bertz CT molecular complexity index is 408. The summed E-state index contributed by atoms with van der Waals surface area (Å²) in [5, 5.41) is 0. The number of aromatic nitrogens is 3. The first-order valence-electron chi connectivity index (χ1n) is 4.06. The van der Waals surface area contributed by atoms with E-state index < -0.39 is 0 Å². The molecule has 1 N–H and O–H groups in total. The van der Waals surface area contributed by atoms with E-state index in [0.29, 0.717) is 17.0 Å². The molecule has 0 aliphatic heterocycles. The fourth-order valence-electron chi connectivity index (χ4n) is 0.923. The van der Waals surface area contributed by atoms with Crippen molar-refractivity contribution in [3.63, 3.8) is 0 Å². The van der Waals surface area contributed by atoms with Crippen LogP contribution in [0.2, 0.25) is 0 Å². The van der Waals surface area contributed by atoms with Gasteiger partial charge in [-0.15, -0.1) is 4.26 Å². The molecule has 0 saturated carbocycles. The summed E-state index contributed by atoms with van der Waals surface area (Å²) in [5.41, 5.74) is 1.24. The highest BCUT2D eigenvalue weighted by Gasteiger charge is 1.93. The second kappa shape index (κ2) is 4.70. The van der Waals surface area contributed by atoms with Crippen LogP contribution in [0, 0.1) is 6.92 Å². The van der Waals surface area contributed by atoms with Gasteiger partial charge in [-0.05, 0) is 19.1 Å². The van der Waals surface area contributed by atoms with E-state index in [-0.39, 0.29) is 0 Å². The SMILES string of the molecule is Cc1ccc(On2pn[pH][nH][pH]2)cc1. The van der Waals surface area contributed by atoms with Crippen LogP contribution in [0.1, 0.15) is 5.56 Å². The minimum Gasteiger partial charge on any atom is -0.366 e. The molecule has 0 aliphatic carbocycles. The van der Waals surface area contributed by atoms with Gasteiger partial charge < -0.3 is 9.35 Å². The van der Waals surface area contributed by atoms with Gasteiger partial charge in [-0.25, -0.2) is 0 Å². The number of aryl methyl sites for hydroxylation is 1. The monoisotopic (exact) mass is 245 g/mol. The van der Waals surface area contributed by atoms with Crippen molar-refractivity contribution in [2.24, 2.45) is 0 Å². The smallest absolute Gasteiger partial charge is 0.182 e. The van der Waals surface area contributed by atoms with Gasteiger partial charge in [-0.2, -0.15) is 4.51 Å². The van der Waals surface area contributed by atoms with E-state index in [0.717, 1.165) is 14.3 Å². The fourth-order valence-corrected chi connectivity index (χ4v) is 3.97. The van der Waals surface area contributed by atoms with Gasteiger partial charge in [-0.1, -0.05) is 17.7 Å². The average molecular weight is 245 g/mol. The average Bonchev–Trinajstić information content (AvgIpc) is 2.23. The van der Waals surface area contributed by atoms with Gasteiger partial charge in [0.25, 0.3) is 0 Å². The molecule has 0 bridgehead atoms. The molecule has 1 aromatic carbocycles. The van der Waals surface area contributed by atoms with Crippen molar-refractivity contribution in [3.05, 3.63) is 29.8 Å². The van der Waals surface area contributed by atoms with Crippen LogP contribution in [-0.2, 0) is 0 Å². The van der Waals surface area contributed by atoms with Crippen molar-refractivity contribution in [2.75, 3.05) is 0 Å². The lowest BCUT2D eigenvalue weighted by molar-refractivity contribution is 0.277. The number of aromatic amines is 1. The number of rotatable bonds is 2. The largest absolute Gasteiger partial charge is 0.366 e. The molecule has 2 unspecified atom stereocenters. The number of benzene rings is 1. The Morgan fingerprint density at radius 2 is 2.21 bits per heavy atom. The fraction of sp³-hybridized carbons (Fsp3) is 0.143. The second-order valence-electron chi connectivity index (χ2n) is 2.72. The van der Waals surface area contributed by atoms with Crippen LogP contribution in [0.5, 0.6) is 5.75 Å². The topological polar surface area (TPSA) is 42.8 Å². The minimum atomic E-state index is 0.483. The number of nitrogens with zero attached hydrogens (tertiary/aromatic N) is 2. The van der Waals surface area contributed by atoms with Crippen LogP contribution in [0.3, 0.4) is 0 Å². The molecular formula is C7H10N3OP3. The number of nitrogens with one attached hydrogen (secondary N) is 1. The van der Waals surface area contributed by atoms with Crippen LogP contribution < -0.4 is 4.84 Å². The summed E-state index contributed by atoms with van der Waals surface area (Å²) in [5.74, 6) is 0.859. The Labute approximate surface area is 86.6 Å². The molecule has 2 aromatic rings. The number of H-pyrrole nitrogens is 1. The summed E-state index contributed by atoms with van der Waals surface area (Å²) in [7, 11) is 1.87. The van der Waals surface area contributed by atoms with Crippen molar-refractivity contribution in [1.82, 2.24) is 13.3 Å². The van der Waals surface area contributed by atoms with Crippen LogP contribution in [0.4, 0.5) is 0 Å². The lowest BCUT2D eigenvalue weighted by Gasteiger charge is -2.05. The van der Waals surface area contributed by atoms with Crippen molar-refractivity contribution in [1.29, 1.82) is 0 Å². The zero-order valence-corrected chi connectivity index (χ0v) is 10.5. The maximum Gasteiger partial charge on any atom is 0.182 e. The van der Waals surface area contributed by atoms with Crippen LogP contribution in [0.15, 0.2) is 24.3 Å². The third-order valence-electron chi connectivity index (χ3n) is 1.60. The summed E-state index contributed by atoms with van der Waals surface area (Å²) >= 11 is 0. The molecule has 1 heterocycles. The first-order chi connectivity index (χ1) is 6.84. The van der Waals surface area contributed by atoms with E-state index in [1.807, 2.05) is 24.3 Å². The third kappa shape index (κ3) is 2.65. The van der Waals surface area contributed by atoms with Gasteiger partial charge in [0.1, 0.15) is 0 Å². The van der Waals surface area contributed by atoms with E-state index in [1.54, 1.807) is 4.26 Å². The van der Waals surface area contributed by atoms with Gasteiger partial charge in [0.05, 0.1) is 8.51 Å². The highest BCUT2D eigenvalue weighted by Crippen LogP contribution is 2.17. The predicted molar refractivity (Wildman–Crippen MR) is 62.9 cm³/mol. The van der Waals surface area contributed by atoms with Crippen molar-refractivity contribution < 1.29 is 4.84 Å². The lowest BCUT2D eigenvalue weighted by Crippen LogP contribution is -1.96. The molecule has 0 saturated heterocycles. The maximum atomic E-state index is 5.59. The molecule has 4 nitrogen and oxygen atoms in total. The van der Waals surface area contributed by atoms with Crippen molar-refractivity contribution in [2.45, 2.75) is 6.92 Å².